The van der Waals surface area contributed by atoms with Gasteiger partial charge in [0.1, 0.15) is 0 Å². The highest BCUT2D eigenvalue weighted by atomic mass is 16.6. The van der Waals surface area contributed by atoms with E-state index in [2.05, 4.69) is 0 Å². The van der Waals surface area contributed by atoms with Crippen LogP contribution in [0.15, 0.2) is 30.3 Å². The van der Waals surface area contributed by atoms with Crippen molar-refractivity contribution in [3.8, 4) is 0 Å². The second-order valence-corrected chi connectivity index (χ2v) is 3.78. The maximum absolute atomic E-state index is 11.5. The molecule has 0 aliphatic heterocycles. The van der Waals surface area contributed by atoms with Crippen molar-refractivity contribution in [1.29, 1.82) is 0 Å². The number of imide groups is 1. The lowest BCUT2D eigenvalue weighted by Gasteiger charge is -2.27. The molecule has 1 atom stereocenters. The lowest BCUT2D eigenvalue weighted by Crippen LogP contribution is -2.39. The van der Waals surface area contributed by atoms with Crippen molar-refractivity contribution >= 4 is 17.8 Å². The van der Waals surface area contributed by atoms with Crippen molar-refractivity contribution < 1.29 is 19.1 Å². The van der Waals surface area contributed by atoms with Gasteiger partial charge in [-0.3, -0.25) is 14.4 Å². The molecule has 96 valence electrons. The van der Waals surface area contributed by atoms with Crippen LogP contribution in [0.3, 0.4) is 0 Å². The standard InChI is InChI=1S/C13H15NO4/c1-9(15)14(10(2)16)13(18-11(3)17)12-7-5-4-6-8-12/h4-8,13H,1-3H3. The number of nitrogens with zero attached hydrogens (tertiary/aromatic N) is 1. The molecular formula is C13H15NO4. The van der Waals surface area contributed by atoms with Crippen molar-refractivity contribution in [3.05, 3.63) is 35.9 Å². The summed E-state index contributed by atoms with van der Waals surface area (Å²) in [5.74, 6) is -1.51. The molecule has 0 N–H and O–H groups in total. The zero-order valence-corrected chi connectivity index (χ0v) is 10.5. The average molecular weight is 249 g/mol. The van der Waals surface area contributed by atoms with E-state index in [9.17, 15) is 14.4 Å². The zero-order chi connectivity index (χ0) is 13.7. The molecule has 5 nitrogen and oxygen atoms in total. The second-order valence-electron chi connectivity index (χ2n) is 3.78. The van der Waals surface area contributed by atoms with Crippen molar-refractivity contribution in [3.63, 3.8) is 0 Å². The molecule has 1 unspecified atom stereocenters. The van der Waals surface area contributed by atoms with E-state index in [1.54, 1.807) is 30.3 Å². The Morgan fingerprint density at radius 3 is 1.89 bits per heavy atom. The maximum atomic E-state index is 11.5. The quantitative estimate of drug-likeness (QED) is 0.603. The van der Waals surface area contributed by atoms with Crippen molar-refractivity contribution in [1.82, 2.24) is 4.90 Å². The van der Waals surface area contributed by atoms with Gasteiger partial charge in [-0.05, 0) is 0 Å². The summed E-state index contributed by atoms with van der Waals surface area (Å²) < 4.78 is 5.07. The van der Waals surface area contributed by atoms with E-state index in [0.29, 0.717) is 5.56 Å². The van der Waals surface area contributed by atoms with Crippen LogP contribution in [0.1, 0.15) is 32.6 Å². The highest BCUT2D eigenvalue weighted by Crippen LogP contribution is 2.22. The molecule has 0 radical (unpaired) electrons. The number of esters is 1. The zero-order valence-electron chi connectivity index (χ0n) is 10.5. The number of carbonyl (C=O) groups excluding carboxylic acids is 3. The first kappa shape index (κ1) is 13.9. The summed E-state index contributed by atoms with van der Waals surface area (Å²) in [5, 5.41) is 0. The van der Waals surface area contributed by atoms with Gasteiger partial charge in [-0.2, -0.15) is 0 Å². The van der Waals surface area contributed by atoms with E-state index in [-0.39, 0.29) is 0 Å². The van der Waals surface area contributed by atoms with Crippen LogP contribution in [-0.2, 0) is 19.1 Å². The van der Waals surface area contributed by atoms with Crippen LogP contribution in [0.2, 0.25) is 0 Å². The highest BCUT2D eigenvalue weighted by molar-refractivity contribution is 5.93. The van der Waals surface area contributed by atoms with E-state index in [0.717, 1.165) is 4.90 Å². The molecule has 0 spiro atoms. The third-order valence-electron chi connectivity index (χ3n) is 2.28. The number of amides is 2. The summed E-state index contributed by atoms with van der Waals surface area (Å²) >= 11 is 0. The molecule has 0 heterocycles. The van der Waals surface area contributed by atoms with Gasteiger partial charge in [0.15, 0.2) is 0 Å². The smallest absolute Gasteiger partial charge is 0.304 e. The van der Waals surface area contributed by atoms with E-state index in [4.69, 9.17) is 4.74 Å². The highest BCUT2D eigenvalue weighted by Gasteiger charge is 2.28. The Balaban J connectivity index is 3.15. The van der Waals surface area contributed by atoms with Crippen LogP contribution >= 0.6 is 0 Å². The predicted octanol–water partition coefficient (Wildman–Crippen LogP) is 1.64. The molecule has 2 amide bonds. The first-order valence-corrected chi connectivity index (χ1v) is 5.46. The molecule has 0 saturated heterocycles. The third kappa shape index (κ3) is 3.41. The number of hydrogen-bond donors (Lipinski definition) is 0. The van der Waals surface area contributed by atoms with Crippen LogP contribution in [0, 0.1) is 0 Å². The molecule has 0 saturated carbocycles. The first-order chi connectivity index (χ1) is 8.43. The Labute approximate surface area is 105 Å². The summed E-state index contributed by atoms with van der Waals surface area (Å²) in [6.45, 7) is 3.73. The van der Waals surface area contributed by atoms with E-state index >= 15 is 0 Å². The molecule has 1 aromatic rings. The molecule has 18 heavy (non-hydrogen) atoms. The summed E-state index contributed by atoms with van der Waals surface area (Å²) in [6.07, 6.45) is -1.02. The minimum atomic E-state index is -1.02. The van der Waals surface area contributed by atoms with Gasteiger partial charge in [0.2, 0.25) is 18.0 Å². The third-order valence-corrected chi connectivity index (χ3v) is 2.28. The fraction of sp³-hybridized carbons (Fsp3) is 0.308. The average Bonchev–Trinajstić information content (AvgIpc) is 2.27. The van der Waals surface area contributed by atoms with Crippen molar-refractivity contribution in [2.24, 2.45) is 0 Å². The van der Waals surface area contributed by atoms with Gasteiger partial charge in [0, 0.05) is 26.3 Å². The minimum Gasteiger partial charge on any atom is -0.437 e. The van der Waals surface area contributed by atoms with Gasteiger partial charge in [0.05, 0.1) is 0 Å². The van der Waals surface area contributed by atoms with Gasteiger partial charge in [-0.15, -0.1) is 0 Å². The largest absolute Gasteiger partial charge is 0.437 e. The van der Waals surface area contributed by atoms with Gasteiger partial charge in [-0.1, -0.05) is 30.3 Å². The molecule has 0 aliphatic rings. The van der Waals surface area contributed by atoms with Crippen LogP contribution in [0.5, 0.6) is 0 Å². The molecule has 0 aromatic heterocycles. The number of carbonyl (C=O) groups is 3. The Morgan fingerprint density at radius 2 is 1.50 bits per heavy atom. The Bertz CT molecular complexity index is 441. The number of benzene rings is 1. The molecule has 0 bridgehead atoms. The van der Waals surface area contributed by atoms with Crippen LogP contribution < -0.4 is 0 Å². The predicted molar refractivity (Wildman–Crippen MR) is 64.2 cm³/mol. The second kappa shape index (κ2) is 5.95. The monoisotopic (exact) mass is 249 g/mol. The molecule has 0 fully saturated rings. The van der Waals surface area contributed by atoms with Crippen LogP contribution in [-0.4, -0.2) is 22.7 Å². The molecule has 0 aliphatic carbocycles. The van der Waals surface area contributed by atoms with Crippen LogP contribution in [0.4, 0.5) is 0 Å². The van der Waals surface area contributed by atoms with Gasteiger partial charge >= 0.3 is 5.97 Å². The van der Waals surface area contributed by atoms with Gasteiger partial charge in [-0.25, -0.2) is 4.90 Å². The Kier molecular flexibility index (Phi) is 4.59. The molecule has 5 heteroatoms. The van der Waals surface area contributed by atoms with E-state index < -0.39 is 24.0 Å². The number of ether oxygens (including phenoxy) is 1. The van der Waals surface area contributed by atoms with E-state index in [1.807, 2.05) is 0 Å². The topological polar surface area (TPSA) is 63.7 Å². The normalized spacial score (nSPS) is 11.5. The van der Waals surface area contributed by atoms with Gasteiger partial charge < -0.3 is 4.74 Å². The number of rotatable bonds is 3. The Hall–Kier alpha value is -2.17. The Morgan fingerprint density at radius 1 is 1.00 bits per heavy atom. The summed E-state index contributed by atoms with van der Waals surface area (Å²) in [4.78, 5) is 35.0. The lowest BCUT2D eigenvalue weighted by atomic mass is 10.2. The summed E-state index contributed by atoms with van der Waals surface area (Å²) in [7, 11) is 0. The summed E-state index contributed by atoms with van der Waals surface area (Å²) in [5.41, 5.74) is 0.568. The van der Waals surface area contributed by atoms with Gasteiger partial charge in [0.25, 0.3) is 0 Å². The fourth-order valence-corrected chi connectivity index (χ4v) is 1.60. The maximum Gasteiger partial charge on any atom is 0.304 e. The number of hydrogen-bond acceptors (Lipinski definition) is 4. The van der Waals surface area contributed by atoms with Crippen molar-refractivity contribution in [2.75, 3.05) is 0 Å². The van der Waals surface area contributed by atoms with E-state index in [1.165, 1.54) is 20.8 Å². The molecule has 1 aromatic carbocycles. The SMILES string of the molecule is CC(=O)OC(c1ccccc1)N(C(C)=O)C(C)=O. The first-order valence-electron chi connectivity index (χ1n) is 5.46. The molecule has 1 rings (SSSR count). The lowest BCUT2D eigenvalue weighted by molar-refractivity contribution is -0.168. The minimum absolute atomic E-state index is 0.474. The van der Waals surface area contributed by atoms with Crippen LogP contribution in [0.25, 0.3) is 0 Å². The molecular weight excluding hydrogens is 234 g/mol. The summed E-state index contributed by atoms with van der Waals surface area (Å²) in [6, 6.07) is 8.65. The van der Waals surface area contributed by atoms with Crippen molar-refractivity contribution in [2.45, 2.75) is 27.0 Å². The fourth-order valence-electron chi connectivity index (χ4n) is 1.60.